The number of anilines is 2. The molecule has 0 unspecified atom stereocenters. The third-order valence-corrected chi connectivity index (χ3v) is 3.27. The average molecular weight is 328 g/mol. The number of carbonyl (C=O) groups is 3. The SMILES string of the molecule is COC(=O)c1ccc(C(=O)OC)c(NC(=O)c2ccc(N)cc2)c1. The summed E-state index contributed by atoms with van der Waals surface area (Å²) in [6.07, 6.45) is 0. The fourth-order valence-corrected chi connectivity index (χ4v) is 2.01. The Bertz CT molecular complexity index is 784. The van der Waals surface area contributed by atoms with Crippen LogP contribution in [-0.4, -0.2) is 32.1 Å². The van der Waals surface area contributed by atoms with Crippen LogP contribution in [-0.2, 0) is 9.47 Å². The van der Waals surface area contributed by atoms with Crippen molar-refractivity contribution in [3.63, 3.8) is 0 Å². The highest BCUT2D eigenvalue weighted by Crippen LogP contribution is 2.21. The number of methoxy groups -OCH3 is 2. The summed E-state index contributed by atoms with van der Waals surface area (Å²) in [4.78, 5) is 35.8. The second-order valence-electron chi connectivity index (χ2n) is 4.82. The number of nitrogen functional groups attached to an aromatic ring is 1. The summed E-state index contributed by atoms with van der Waals surface area (Å²) in [5, 5.41) is 2.59. The van der Waals surface area contributed by atoms with Gasteiger partial charge in [0.15, 0.2) is 0 Å². The maximum atomic E-state index is 12.3. The van der Waals surface area contributed by atoms with Crippen molar-refractivity contribution in [2.24, 2.45) is 0 Å². The van der Waals surface area contributed by atoms with E-state index < -0.39 is 17.8 Å². The van der Waals surface area contributed by atoms with E-state index in [1.807, 2.05) is 0 Å². The number of nitrogens with one attached hydrogen (secondary N) is 1. The minimum atomic E-state index is -0.640. The van der Waals surface area contributed by atoms with Gasteiger partial charge in [0.2, 0.25) is 0 Å². The molecule has 0 atom stereocenters. The van der Waals surface area contributed by atoms with Gasteiger partial charge in [0.25, 0.3) is 5.91 Å². The van der Waals surface area contributed by atoms with Gasteiger partial charge in [-0.1, -0.05) is 0 Å². The molecule has 0 radical (unpaired) electrons. The Kier molecular flexibility index (Phi) is 5.16. The Morgan fingerprint density at radius 3 is 2.04 bits per heavy atom. The highest BCUT2D eigenvalue weighted by Gasteiger charge is 2.18. The van der Waals surface area contributed by atoms with Crippen molar-refractivity contribution < 1.29 is 23.9 Å². The number of benzene rings is 2. The highest BCUT2D eigenvalue weighted by molar-refractivity contribution is 6.09. The van der Waals surface area contributed by atoms with Gasteiger partial charge in [-0.25, -0.2) is 9.59 Å². The molecular formula is C17H16N2O5. The summed E-state index contributed by atoms with van der Waals surface area (Å²) in [5.74, 6) is -1.68. The van der Waals surface area contributed by atoms with Crippen molar-refractivity contribution in [1.29, 1.82) is 0 Å². The lowest BCUT2D eigenvalue weighted by Gasteiger charge is -2.11. The van der Waals surface area contributed by atoms with Gasteiger partial charge >= 0.3 is 11.9 Å². The van der Waals surface area contributed by atoms with E-state index in [0.29, 0.717) is 11.3 Å². The third-order valence-electron chi connectivity index (χ3n) is 3.27. The Labute approximate surface area is 138 Å². The largest absolute Gasteiger partial charge is 0.465 e. The molecule has 124 valence electrons. The van der Waals surface area contributed by atoms with E-state index in [1.165, 1.54) is 32.4 Å². The average Bonchev–Trinajstić information content (AvgIpc) is 2.60. The predicted molar refractivity (Wildman–Crippen MR) is 87.9 cm³/mol. The summed E-state index contributed by atoms with van der Waals surface area (Å²) < 4.78 is 9.32. The van der Waals surface area contributed by atoms with E-state index in [1.54, 1.807) is 24.3 Å². The molecule has 0 saturated carbocycles. The van der Waals surface area contributed by atoms with E-state index in [0.717, 1.165) is 0 Å². The van der Waals surface area contributed by atoms with Crippen LogP contribution >= 0.6 is 0 Å². The van der Waals surface area contributed by atoms with Crippen LogP contribution in [0.5, 0.6) is 0 Å². The molecule has 0 aliphatic carbocycles. The molecule has 2 aromatic carbocycles. The maximum Gasteiger partial charge on any atom is 0.339 e. The fourth-order valence-electron chi connectivity index (χ4n) is 2.01. The summed E-state index contributed by atoms with van der Waals surface area (Å²) in [5.41, 5.74) is 6.92. The van der Waals surface area contributed by atoms with E-state index in [-0.39, 0.29) is 16.8 Å². The van der Waals surface area contributed by atoms with Crippen molar-refractivity contribution in [3.05, 3.63) is 59.2 Å². The van der Waals surface area contributed by atoms with Gasteiger partial charge in [-0.15, -0.1) is 0 Å². The first-order valence-corrected chi connectivity index (χ1v) is 6.94. The number of esters is 2. The van der Waals surface area contributed by atoms with E-state index >= 15 is 0 Å². The van der Waals surface area contributed by atoms with Gasteiger partial charge in [-0.2, -0.15) is 0 Å². The quantitative estimate of drug-likeness (QED) is 0.657. The molecule has 0 aliphatic heterocycles. The monoisotopic (exact) mass is 328 g/mol. The fraction of sp³-hybridized carbons (Fsp3) is 0.118. The molecule has 3 N–H and O–H groups in total. The van der Waals surface area contributed by atoms with Crippen LogP contribution in [0, 0.1) is 0 Å². The van der Waals surface area contributed by atoms with E-state index in [4.69, 9.17) is 5.73 Å². The molecule has 1 amide bonds. The Morgan fingerprint density at radius 2 is 1.46 bits per heavy atom. The van der Waals surface area contributed by atoms with Gasteiger partial charge < -0.3 is 20.5 Å². The van der Waals surface area contributed by atoms with Crippen LogP contribution in [0.15, 0.2) is 42.5 Å². The Balaban J connectivity index is 2.38. The summed E-state index contributed by atoms with van der Waals surface area (Å²) >= 11 is 0. The van der Waals surface area contributed by atoms with Crippen molar-refractivity contribution in [2.45, 2.75) is 0 Å². The van der Waals surface area contributed by atoms with Crippen LogP contribution in [0.25, 0.3) is 0 Å². The molecule has 7 heteroatoms. The lowest BCUT2D eigenvalue weighted by molar-refractivity contribution is 0.0587. The van der Waals surface area contributed by atoms with Gasteiger partial charge in [0.1, 0.15) is 0 Å². The number of amides is 1. The molecule has 0 aromatic heterocycles. The predicted octanol–water partition coefficient (Wildman–Crippen LogP) is 2.09. The first-order chi connectivity index (χ1) is 11.5. The zero-order valence-electron chi connectivity index (χ0n) is 13.2. The second-order valence-corrected chi connectivity index (χ2v) is 4.82. The van der Waals surface area contributed by atoms with Gasteiger partial charge in [0, 0.05) is 11.3 Å². The molecule has 0 spiro atoms. The van der Waals surface area contributed by atoms with E-state index in [2.05, 4.69) is 14.8 Å². The summed E-state index contributed by atoms with van der Waals surface area (Å²) in [6, 6.07) is 10.4. The first kappa shape index (κ1) is 17.0. The zero-order valence-corrected chi connectivity index (χ0v) is 13.2. The molecule has 0 heterocycles. The molecule has 0 bridgehead atoms. The smallest absolute Gasteiger partial charge is 0.339 e. The molecule has 2 rings (SSSR count). The number of ether oxygens (including phenoxy) is 2. The summed E-state index contributed by atoms with van der Waals surface area (Å²) in [6.45, 7) is 0. The van der Waals surface area contributed by atoms with Gasteiger partial charge in [-0.3, -0.25) is 4.79 Å². The Hall–Kier alpha value is -3.35. The van der Waals surface area contributed by atoms with Crippen LogP contribution < -0.4 is 11.1 Å². The standard InChI is InChI=1S/C17H16N2O5/c1-23-16(21)11-5-8-13(17(22)24-2)14(9-11)19-15(20)10-3-6-12(18)7-4-10/h3-9H,18H2,1-2H3,(H,19,20). The minimum Gasteiger partial charge on any atom is -0.465 e. The molecule has 0 aliphatic rings. The molecule has 0 fully saturated rings. The maximum absolute atomic E-state index is 12.3. The first-order valence-electron chi connectivity index (χ1n) is 6.94. The molecule has 2 aromatic rings. The number of hydrogen-bond acceptors (Lipinski definition) is 6. The van der Waals surface area contributed by atoms with Crippen LogP contribution in [0.1, 0.15) is 31.1 Å². The Morgan fingerprint density at radius 1 is 0.875 bits per heavy atom. The minimum absolute atomic E-state index is 0.119. The molecule has 24 heavy (non-hydrogen) atoms. The molecular weight excluding hydrogens is 312 g/mol. The van der Waals surface area contributed by atoms with Crippen molar-refractivity contribution >= 4 is 29.2 Å². The van der Waals surface area contributed by atoms with Crippen molar-refractivity contribution in [1.82, 2.24) is 0 Å². The number of carbonyl (C=O) groups excluding carboxylic acids is 3. The second kappa shape index (κ2) is 7.28. The van der Waals surface area contributed by atoms with Crippen molar-refractivity contribution in [3.8, 4) is 0 Å². The number of hydrogen-bond donors (Lipinski definition) is 2. The van der Waals surface area contributed by atoms with Crippen LogP contribution in [0.4, 0.5) is 11.4 Å². The summed E-state index contributed by atoms with van der Waals surface area (Å²) in [7, 11) is 2.46. The van der Waals surface area contributed by atoms with Crippen LogP contribution in [0.2, 0.25) is 0 Å². The zero-order chi connectivity index (χ0) is 17.7. The van der Waals surface area contributed by atoms with Gasteiger partial charge in [-0.05, 0) is 42.5 Å². The lowest BCUT2D eigenvalue weighted by Crippen LogP contribution is -2.16. The van der Waals surface area contributed by atoms with Gasteiger partial charge in [0.05, 0.1) is 31.0 Å². The molecule has 0 saturated heterocycles. The van der Waals surface area contributed by atoms with E-state index in [9.17, 15) is 14.4 Å². The number of nitrogens with two attached hydrogens (primary N) is 1. The highest BCUT2D eigenvalue weighted by atomic mass is 16.5. The van der Waals surface area contributed by atoms with Crippen LogP contribution in [0.3, 0.4) is 0 Å². The number of rotatable bonds is 4. The third kappa shape index (κ3) is 3.70. The normalized spacial score (nSPS) is 9.92. The lowest BCUT2D eigenvalue weighted by atomic mass is 10.1. The van der Waals surface area contributed by atoms with Crippen molar-refractivity contribution in [2.75, 3.05) is 25.3 Å². The topological polar surface area (TPSA) is 108 Å². The molecule has 7 nitrogen and oxygen atoms in total.